The van der Waals surface area contributed by atoms with Crippen molar-refractivity contribution in [3.05, 3.63) is 36.0 Å². The Balaban J connectivity index is 2.25. The number of aryl methyl sites for hydroxylation is 1. The predicted molar refractivity (Wildman–Crippen MR) is 83.1 cm³/mol. The highest BCUT2D eigenvalue weighted by Gasteiger charge is 2.16. The van der Waals surface area contributed by atoms with E-state index < -0.39 is 11.9 Å². The number of amides is 1. The van der Waals surface area contributed by atoms with Gasteiger partial charge >= 0.3 is 0 Å². The van der Waals surface area contributed by atoms with Crippen molar-refractivity contribution in [3.63, 3.8) is 0 Å². The summed E-state index contributed by atoms with van der Waals surface area (Å²) in [5, 5.41) is 9.78. The molecule has 5 heteroatoms. The van der Waals surface area contributed by atoms with Gasteiger partial charge in [-0.2, -0.15) is 0 Å². The highest BCUT2D eigenvalue weighted by molar-refractivity contribution is 5.86. The first-order valence-electron chi connectivity index (χ1n) is 7.43. The number of nitrogens with two attached hydrogens (primary N) is 1. The number of carbonyl (C=O) groups is 1. The number of benzene rings is 1. The van der Waals surface area contributed by atoms with Gasteiger partial charge in [0.1, 0.15) is 0 Å². The molecule has 0 saturated heterocycles. The average Bonchev–Trinajstić information content (AvgIpc) is 2.85. The third-order valence-corrected chi connectivity index (χ3v) is 3.76. The summed E-state index contributed by atoms with van der Waals surface area (Å²) in [6.45, 7) is 3.15. The smallest absolute Gasteiger partial charge is 0.260 e. The van der Waals surface area contributed by atoms with Crippen LogP contribution in [0.2, 0.25) is 0 Å². The minimum atomic E-state index is -0.745. The molecule has 0 aliphatic carbocycles. The zero-order valence-electron chi connectivity index (χ0n) is 12.4. The number of hydrogen-bond donors (Lipinski definition) is 3. The van der Waals surface area contributed by atoms with Gasteiger partial charge in [0, 0.05) is 23.6 Å². The van der Waals surface area contributed by atoms with Crippen molar-refractivity contribution < 1.29 is 10.0 Å². The number of nitrogens with one attached hydrogen (secondary N) is 1. The molecule has 0 radical (unpaired) electrons. The van der Waals surface area contributed by atoms with E-state index in [1.54, 1.807) is 5.48 Å². The zero-order chi connectivity index (χ0) is 15.2. The standard InChI is InChI=1S/C16H23N3O2/c1-2-3-6-9-19-11-12(10-14(17)16(20)18-21)13-7-4-5-8-15(13)19/h4-5,7-8,11,14,21H,2-3,6,9-10,17H2,1H3,(H,18,20). The summed E-state index contributed by atoms with van der Waals surface area (Å²) in [5.74, 6) is -0.558. The van der Waals surface area contributed by atoms with Crippen LogP contribution < -0.4 is 11.2 Å². The second-order valence-electron chi connectivity index (χ2n) is 5.36. The van der Waals surface area contributed by atoms with Crippen LogP contribution in [0.4, 0.5) is 0 Å². The lowest BCUT2D eigenvalue weighted by Gasteiger charge is -2.08. The van der Waals surface area contributed by atoms with E-state index in [0.29, 0.717) is 6.42 Å². The van der Waals surface area contributed by atoms with E-state index in [-0.39, 0.29) is 0 Å². The molecule has 1 amide bonds. The first kappa shape index (κ1) is 15.5. The minimum Gasteiger partial charge on any atom is -0.347 e. The predicted octanol–water partition coefficient (Wildman–Crippen LogP) is 2.21. The topological polar surface area (TPSA) is 80.3 Å². The summed E-state index contributed by atoms with van der Waals surface area (Å²) in [5.41, 5.74) is 9.62. The number of rotatable bonds is 7. The molecule has 2 aromatic rings. The zero-order valence-corrected chi connectivity index (χ0v) is 12.4. The van der Waals surface area contributed by atoms with Gasteiger partial charge in [-0.25, -0.2) is 5.48 Å². The third kappa shape index (κ3) is 3.62. The molecular weight excluding hydrogens is 266 g/mol. The van der Waals surface area contributed by atoms with Crippen LogP contribution in [0.15, 0.2) is 30.5 Å². The normalized spacial score (nSPS) is 12.5. The number of para-hydroxylation sites is 1. The van der Waals surface area contributed by atoms with Gasteiger partial charge < -0.3 is 10.3 Å². The van der Waals surface area contributed by atoms with Crippen LogP contribution in [0.25, 0.3) is 10.9 Å². The molecule has 21 heavy (non-hydrogen) atoms. The molecule has 0 aliphatic rings. The van der Waals surface area contributed by atoms with Gasteiger partial charge in [0.2, 0.25) is 0 Å². The van der Waals surface area contributed by atoms with Crippen LogP contribution >= 0.6 is 0 Å². The molecule has 1 aromatic carbocycles. The SMILES string of the molecule is CCCCCn1cc(CC(N)C(=O)NO)c2ccccc21. The molecule has 1 heterocycles. The Morgan fingerprint density at radius 2 is 2.14 bits per heavy atom. The van der Waals surface area contributed by atoms with E-state index >= 15 is 0 Å². The van der Waals surface area contributed by atoms with Gasteiger partial charge in [0.15, 0.2) is 0 Å². The number of nitrogens with zero attached hydrogens (tertiary/aromatic N) is 1. The van der Waals surface area contributed by atoms with Crippen molar-refractivity contribution in [3.8, 4) is 0 Å². The van der Waals surface area contributed by atoms with Crippen LogP contribution in [0, 0.1) is 0 Å². The van der Waals surface area contributed by atoms with Gasteiger partial charge in [-0.1, -0.05) is 38.0 Å². The third-order valence-electron chi connectivity index (χ3n) is 3.76. The number of aromatic nitrogens is 1. The minimum absolute atomic E-state index is 0.410. The highest BCUT2D eigenvalue weighted by Crippen LogP contribution is 2.23. The second kappa shape index (κ2) is 7.24. The van der Waals surface area contributed by atoms with Crippen LogP contribution in [0.5, 0.6) is 0 Å². The summed E-state index contributed by atoms with van der Waals surface area (Å²) in [4.78, 5) is 11.4. The highest BCUT2D eigenvalue weighted by atomic mass is 16.5. The van der Waals surface area contributed by atoms with Crippen molar-refractivity contribution in [1.82, 2.24) is 10.0 Å². The van der Waals surface area contributed by atoms with Gasteiger partial charge in [-0.15, -0.1) is 0 Å². The fraction of sp³-hybridized carbons (Fsp3) is 0.438. The largest absolute Gasteiger partial charge is 0.347 e. The van der Waals surface area contributed by atoms with Gasteiger partial charge in [-0.05, 0) is 24.5 Å². The van der Waals surface area contributed by atoms with E-state index in [0.717, 1.165) is 23.9 Å². The van der Waals surface area contributed by atoms with Crippen LogP contribution in [-0.2, 0) is 17.8 Å². The monoisotopic (exact) mass is 289 g/mol. The molecule has 1 atom stereocenters. The fourth-order valence-corrected chi connectivity index (χ4v) is 2.62. The Bertz CT molecular complexity index is 607. The average molecular weight is 289 g/mol. The van der Waals surface area contributed by atoms with Crippen LogP contribution in [0.1, 0.15) is 31.7 Å². The molecule has 0 aliphatic heterocycles. The first-order valence-corrected chi connectivity index (χ1v) is 7.43. The summed E-state index contributed by atoms with van der Waals surface area (Å²) in [7, 11) is 0. The quantitative estimate of drug-likeness (QED) is 0.415. The number of unbranched alkanes of at least 4 members (excludes halogenated alkanes) is 2. The van der Waals surface area contributed by atoms with Crippen LogP contribution in [-0.4, -0.2) is 21.7 Å². The Hall–Kier alpha value is -1.85. The van der Waals surface area contributed by atoms with E-state index in [4.69, 9.17) is 10.9 Å². The van der Waals surface area contributed by atoms with Crippen molar-refractivity contribution >= 4 is 16.8 Å². The van der Waals surface area contributed by atoms with Crippen LogP contribution in [0.3, 0.4) is 0 Å². The molecule has 2 rings (SSSR count). The molecule has 1 unspecified atom stereocenters. The van der Waals surface area contributed by atoms with Crippen molar-refractivity contribution in [2.45, 2.75) is 45.2 Å². The van der Waals surface area contributed by atoms with Gasteiger partial charge in [-0.3, -0.25) is 10.0 Å². The molecule has 5 nitrogen and oxygen atoms in total. The Labute approximate surface area is 124 Å². The summed E-state index contributed by atoms with van der Waals surface area (Å²) >= 11 is 0. The maximum Gasteiger partial charge on any atom is 0.260 e. The molecule has 114 valence electrons. The maximum absolute atomic E-state index is 11.4. The summed E-state index contributed by atoms with van der Waals surface area (Å²) < 4.78 is 2.23. The first-order chi connectivity index (χ1) is 10.2. The van der Waals surface area contributed by atoms with E-state index in [9.17, 15) is 4.79 Å². The lowest BCUT2D eigenvalue weighted by Crippen LogP contribution is -2.40. The van der Waals surface area contributed by atoms with Crippen molar-refractivity contribution in [2.75, 3.05) is 0 Å². The molecule has 0 fully saturated rings. The second-order valence-corrected chi connectivity index (χ2v) is 5.36. The molecule has 4 N–H and O–H groups in total. The Morgan fingerprint density at radius 1 is 1.38 bits per heavy atom. The Kier molecular flexibility index (Phi) is 5.36. The number of carbonyl (C=O) groups excluding carboxylic acids is 1. The van der Waals surface area contributed by atoms with Gasteiger partial charge in [0.25, 0.3) is 5.91 Å². The molecule has 0 bridgehead atoms. The summed E-state index contributed by atoms with van der Waals surface area (Å²) in [6, 6.07) is 7.39. The summed E-state index contributed by atoms with van der Waals surface area (Å²) in [6.07, 6.45) is 6.01. The van der Waals surface area contributed by atoms with E-state index in [2.05, 4.69) is 23.8 Å². The van der Waals surface area contributed by atoms with E-state index in [1.165, 1.54) is 18.4 Å². The molecule has 0 spiro atoms. The number of hydroxylamine groups is 1. The molecule has 1 aromatic heterocycles. The molecular formula is C16H23N3O2. The maximum atomic E-state index is 11.4. The van der Waals surface area contributed by atoms with Gasteiger partial charge in [0.05, 0.1) is 6.04 Å². The lowest BCUT2D eigenvalue weighted by atomic mass is 10.1. The number of fused-ring (bicyclic) bond motifs is 1. The molecule has 0 saturated carbocycles. The lowest BCUT2D eigenvalue weighted by molar-refractivity contribution is -0.130. The van der Waals surface area contributed by atoms with Crippen molar-refractivity contribution in [2.24, 2.45) is 5.73 Å². The van der Waals surface area contributed by atoms with E-state index in [1.807, 2.05) is 18.2 Å². The fourth-order valence-electron chi connectivity index (χ4n) is 2.62. The van der Waals surface area contributed by atoms with Crippen molar-refractivity contribution in [1.29, 1.82) is 0 Å². The number of hydrogen-bond acceptors (Lipinski definition) is 3. The Morgan fingerprint density at radius 3 is 2.86 bits per heavy atom.